The van der Waals surface area contributed by atoms with Crippen molar-refractivity contribution in [2.24, 2.45) is 0 Å². The molecule has 1 N–H and O–H groups in total. The highest BCUT2D eigenvalue weighted by molar-refractivity contribution is 7.22. The molecule has 0 saturated heterocycles. The van der Waals surface area contributed by atoms with E-state index in [-0.39, 0.29) is 24.9 Å². The van der Waals surface area contributed by atoms with Gasteiger partial charge in [0.1, 0.15) is 41.7 Å². The first-order chi connectivity index (χ1) is 18.9. The number of fused-ring (bicyclic) bond motifs is 5. The van der Waals surface area contributed by atoms with Gasteiger partial charge in [-0.15, -0.1) is 11.3 Å². The van der Waals surface area contributed by atoms with Crippen LogP contribution in [0.5, 0.6) is 5.75 Å². The molecular weight excluding hydrogens is 539 g/mol. The van der Waals surface area contributed by atoms with E-state index in [1.54, 1.807) is 65.6 Å². The van der Waals surface area contributed by atoms with Gasteiger partial charge in [0, 0.05) is 36.4 Å². The largest absolute Gasteiger partial charge is 0.487 e. The molecule has 6 rings (SSSR count). The van der Waals surface area contributed by atoms with E-state index < -0.39 is 0 Å². The Bertz CT molecular complexity index is 1720. The molecule has 1 aliphatic carbocycles. The smallest absolute Gasteiger partial charge is 0.243 e. The fraction of sp³-hybridized carbons (Fsp3) is 0.214. The Labute approximate surface area is 233 Å². The van der Waals surface area contributed by atoms with Crippen LogP contribution in [0.15, 0.2) is 55.0 Å². The van der Waals surface area contributed by atoms with E-state index in [0.29, 0.717) is 16.6 Å². The molecule has 0 radical (unpaired) electrons. The summed E-state index contributed by atoms with van der Waals surface area (Å²) in [7, 11) is 3.48. The Morgan fingerprint density at radius 3 is 2.87 bits per heavy atom. The summed E-state index contributed by atoms with van der Waals surface area (Å²) in [5.74, 6) is 0.885. The first-order valence-electron chi connectivity index (χ1n) is 12.3. The van der Waals surface area contributed by atoms with Gasteiger partial charge in [0.2, 0.25) is 5.91 Å². The Kier molecular flexibility index (Phi) is 6.66. The Balaban J connectivity index is 1.25. The highest BCUT2D eigenvalue weighted by Crippen LogP contribution is 2.45. The summed E-state index contributed by atoms with van der Waals surface area (Å²) < 4.78 is 21.0. The van der Waals surface area contributed by atoms with Gasteiger partial charge in [0.05, 0.1) is 16.1 Å². The number of carbonyl (C=O) groups excluding carboxylic acids is 1. The van der Waals surface area contributed by atoms with Crippen molar-refractivity contribution < 1.29 is 13.9 Å². The van der Waals surface area contributed by atoms with Gasteiger partial charge in [-0.25, -0.2) is 14.4 Å². The molecule has 39 heavy (non-hydrogen) atoms. The van der Waals surface area contributed by atoms with Crippen LogP contribution in [0.2, 0.25) is 5.02 Å². The molecule has 0 unspecified atom stereocenters. The number of ether oxygens (including phenoxy) is 1. The van der Waals surface area contributed by atoms with Crippen molar-refractivity contribution >= 4 is 50.6 Å². The van der Waals surface area contributed by atoms with Crippen LogP contribution >= 0.6 is 22.9 Å². The monoisotopic (exact) mass is 562 g/mol. The van der Waals surface area contributed by atoms with Gasteiger partial charge in [-0.3, -0.25) is 9.48 Å². The number of likely N-dealkylation sites (N-methyl/N-ethyl adjacent to an activating group) is 1. The predicted octanol–water partition coefficient (Wildman–Crippen LogP) is 5.86. The van der Waals surface area contributed by atoms with E-state index in [2.05, 4.69) is 20.4 Å². The summed E-state index contributed by atoms with van der Waals surface area (Å²) in [6, 6.07) is 11.7. The molecule has 0 aliphatic heterocycles. The highest BCUT2D eigenvalue weighted by atomic mass is 35.5. The van der Waals surface area contributed by atoms with E-state index in [0.717, 1.165) is 50.4 Å². The van der Waals surface area contributed by atoms with Crippen LogP contribution in [0.1, 0.15) is 16.8 Å². The summed E-state index contributed by atoms with van der Waals surface area (Å²) in [5, 5.41) is 9.47. The van der Waals surface area contributed by atoms with Crippen molar-refractivity contribution in [2.45, 2.75) is 26.0 Å². The lowest BCUT2D eigenvalue weighted by Gasteiger charge is -2.13. The lowest BCUT2D eigenvalue weighted by atomic mass is 9.95. The predicted molar refractivity (Wildman–Crippen MR) is 150 cm³/mol. The van der Waals surface area contributed by atoms with Crippen molar-refractivity contribution in [1.29, 1.82) is 0 Å². The zero-order valence-electron chi connectivity index (χ0n) is 21.2. The first-order valence-corrected chi connectivity index (χ1v) is 13.5. The zero-order chi connectivity index (χ0) is 27.1. The third-order valence-electron chi connectivity index (χ3n) is 6.56. The topological polar surface area (TPSA) is 85.2 Å². The number of nitrogens with zero attached hydrogens (tertiary/aromatic N) is 5. The highest BCUT2D eigenvalue weighted by Gasteiger charge is 2.27. The van der Waals surface area contributed by atoms with Gasteiger partial charge in [-0.2, -0.15) is 5.10 Å². The Hall–Kier alpha value is -4.02. The second-order valence-electron chi connectivity index (χ2n) is 9.48. The third-order valence-corrected chi connectivity index (χ3v) is 8.02. The molecule has 2 aromatic carbocycles. The molecule has 0 fully saturated rings. The molecule has 0 saturated carbocycles. The number of carbonyl (C=O) groups is 1. The summed E-state index contributed by atoms with van der Waals surface area (Å²) in [6.45, 7) is 0.412. The molecule has 1 amide bonds. The fourth-order valence-electron chi connectivity index (χ4n) is 4.60. The molecule has 5 aromatic rings. The number of hydrogen-bond donors (Lipinski definition) is 1. The van der Waals surface area contributed by atoms with E-state index >= 15 is 0 Å². The van der Waals surface area contributed by atoms with Gasteiger partial charge < -0.3 is 15.0 Å². The number of hydrogen-bond acceptors (Lipinski definition) is 7. The van der Waals surface area contributed by atoms with Crippen LogP contribution in [-0.2, 0) is 30.8 Å². The number of thiophene rings is 1. The number of nitrogens with one attached hydrogen (secondary N) is 1. The average Bonchev–Trinajstić information content (AvgIpc) is 3.49. The maximum atomic E-state index is 13.5. The van der Waals surface area contributed by atoms with E-state index in [1.807, 2.05) is 12.3 Å². The Morgan fingerprint density at radius 1 is 1.21 bits per heavy atom. The summed E-state index contributed by atoms with van der Waals surface area (Å²) >= 11 is 8.12. The maximum absolute atomic E-state index is 13.5. The van der Waals surface area contributed by atoms with Crippen molar-refractivity contribution in [3.8, 4) is 16.2 Å². The third kappa shape index (κ3) is 5.05. The van der Waals surface area contributed by atoms with E-state index in [1.165, 1.54) is 17.7 Å². The molecule has 11 heteroatoms. The number of anilines is 2. The molecule has 8 nitrogen and oxygen atoms in total. The van der Waals surface area contributed by atoms with Gasteiger partial charge in [-0.1, -0.05) is 23.7 Å². The van der Waals surface area contributed by atoms with Crippen molar-refractivity contribution in [2.75, 3.05) is 19.4 Å². The summed E-state index contributed by atoms with van der Waals surface area (Å²) in [6.07, 6.45) is 5.07. The summed E-state index contributed by atoms with van der Waals surface area (Å²) in [5.41, 5.74) is 4.68. The first kappa shape index (κ1) is 25.3. The number of aromatic nitrogens is 4. The lowest BCUT2D eigenvalue weighted by molar-refractivity contribution is -0.129. The fourth-order valence-corrected chi connectivity index (χ4v) is 6.06. The van der Waals surface area contributed by atoms with E-state index in [9.17, 15) is 9.18 Å². The second-order valence-corrected chi connectivity index (χ2v) is 10.9. The van der Waals surface area contributed by atoms with Crippen molar-refractivity contribution in [1.82, 2.24) is 24.6 Å². The molecule has 1 aliphatic rings. The minimum absolute atomic E-state index is 0.00666. The van der Waals surface area contributed by atoms with Crippen molar-refractivity contribution in [3.05, 3.63) is 82.6 Å². The SMILES string of the molecule is CN(C)C(=O)Cn1cc2c(n1)CCc1c-2sc2ncnc(Nc3ccc(OCc4cccc(F)c4)c(Cl)c3)c12. The molecule has 0 spiro atoms. The number of aryl methyl sites for hydroxylation is 2. The van der Waals surface area contributed by atoms with Crippen LogP contribution in [0.4, 0.5) is 15.9 Å². The number of benzene rings is 2. The standard InChI is InChI=1S/C28H24ClFN6O2S/c1-35(2)24(37)13-36-12-20-22(34-36)8-7-19-25-27(31-15-32-28(25)39-26(19)20)33-18-6-9-23(21(29)11-18)38-14-16-4-3-5-17(30)10-16/h3-6,9-12,15H,7-8,13-14H2,1-2H3,(H,31,32,33). The van der Waals surface area contributed by atoms with Gasteiger partial charge >= 0.3 is 0 Å². The average molecular weight is 563 g/mol. The van der Waals surface area contributed by atoms with Gasteiger partial charge in [0.25, 0.3) is 0 Å². The number of halogens is 2. The molecule has 3 aromatic heterocycles. The maximum Gasteiger partial charge on any atom is 0.243 e. The minimum Gasteiger partial charge on any atom is -0.487 e. The van der Waals surface area contributed by atoms with E-state index in [4.69, 9.17) is 16.3 Å². The molecular formula is C28H24ClFN6O2S. The lowest BCUT2D eigenvalue weighted by Crippen LogP contribution is -2.26. The normalized spacial score (nSPS) is 12.2. The van der Waals surface area contributed by atoms with Crippen LogP contribution < -0.4 is 10.1 Å². The Morgan fingerprint density at radius 2 is 2.08 bits per heavy atom. The molecule has 0 atom stereocenters. The van der Waals surface area contributed by atoms with Crippen LogP contribution in [-0.4, -0.2) is 44.7 Å². The minimum atomic E-state index is -0.307. The molecule has 198 valence electrons. The zero-order valence-corrected chi connectivity index (χ0v) is 22.8. The van der Waals surface area contributed by atoms with Gasteiger partial charge in [-0.05, 0) is 54.3 Å². The van der Waals surface area contributed by atoms with Gasteiger partial charge in [0.15, 0.2) is 0 Å². The number of amides is 1. The van der Waals surface area contributed by atoms with Crippen LogP contribution in [0, 0.1) is 5.82 Å². The quantitative estimate of drug-likeness (QED) is 0.267. The van der Waals surface area contributed by atoms with Crippen molar-refractivity contribution in [3.63, 3.8) is 0 Å². The van der Waals surface area contributed by atoms with Crippen LogP contribution in [0.25, 0.3) is 20.7 Å². The summed E-state index contributed by atoms with van der Waals surface area (Å²) in [4.78, 5) is 24.8. The molecule has 3 heterocycles. The van der Waals surface area contributed by atoms with Crippen LogP contribution in [0.3, 0.4) is 0 Å². The second kappa shape index (κ2) is 10.3. The molecule has 0 bridgehead atoms. The number of rotatable bonds is 7.